The quantitative estimate of drug-likeness (QED) is 0.705. The third-order valence-corrected chi connectivity index (χ3v) is 4.79. The van der Waals surface area contributed by atoms with Gasteiger partial charge in [0.1, 0.15) is 17.8 Å². The summed E-state index contributed by atoms with van der Waals surface area (Å²) in [5, 5.41) is 2.92. The normalized spacial score (nSPS) is 14.0. The molecule has 0 radical (unpaired) electrons. The number of benzene rings is 1. The average molecular weight is 379 g/mol. The van der Waals surface area contributed by atoms with Gasteiger partial charge in [-0.3, -0.25) is 4.98 Å². The molecule has 0 atom stereocenters. The molecule has 0 unspecified atom stereocenters. The zero-order chi connectivity index (χ0) is 19.3. The van der Waals surface area contributed by atoms with Gasteiger partial charge in [0.25, 0.3) is 0 Å². The summed E-state index contributed by atoms with van der Waals surface area (Å²) in [4.78, 5) is 20.6. The zero-order valence-corrected chi connectivity index (χ0v) is 15.6. The molecule has 3 aromatic rings. The maximum Gasteiger partial charge on any atom is 0.412 e. The second-order valence-electron chi connectivity index (χ2n) is 6.68. The molecule has 4 rings (SSSR count). The van der Waals surface area contributed by atoms with Crippen LogP contribution < -0.4 is 14.8 Å². The molecule has 2 aromatic heterocycles. The molecule has 1 aliphatic carbocycles. The second kappa shape index (κ2) is 8.12. The van der Waals surface area contributed by atoms with Crippen molar-refractivity contribution in [1.29, 1.82) is 0 Å². The summed E-state index contributed by atoms with van der Waals surface area (Å²) in [5.41, 5.74) is 2.30. The van der Waals surface area contributed by atoms with Crippen LogP contribution in [0, 0.1) is 0 Å². The van der Waals surface area contributed by atoms with Gasteiger partial charge in [0.05, 0.1) is 18.9 Å². The van der Waals surface area contributed by atoms with Crippen LogP contribution in [0.2, 0.25) is 0 Å². The van der Waals surface area contributed by atoms with E-state index in [1.165, 1.54) is 6.26 Å². The maximum atomic E-state index is 12.2. The third kappa shape index (κ3) is 3.98. The fourth-order valence-electron chi connectivity index (χ4n) is 3.42. The van der Waals surface area contributed by atoms with E-state index in [-0.39, 0.29) is 6.04 Å². The number of rotatable bonds is 5. The van der Waals surface area contributed by atoms with E-state index in [1.807, 2.05) is 6.07 Å². The fourth-order valence-corrected chi connectivity index (χ4v) is 3.42. The van der Waals surface area contributed by atoms with Crippen molar-refractivity contribution in [2.75, 3.05) is 7.11 Å². The Bertz CT molecular complexity index is 950. The van der Waals surface area contributed by atoms with E-state index >= 15 is 0 Å². The van der Waals surface area contributed by atoms with E-state index in [4.69, 9.17) is 13.9 Å². The summed E-state index contributed by atoms with van der Waals surface area (Å²) in [6.07, 6.45) is 10.3. The number of methoxy groups -OCH3 is 1. The van der Waals surface area contributed by atoms with Gasteiger partial charge in [0, 0.05) is 29.6 Å². The molecule has 0 saturated heterocycles. The van der Waals surface area contributed by atoms with Crippen LogP contribution in [0.4, 0.5) is 4.79 Å². The molecule has 7 nitrogen and oxygen atoms in total. The highest BCUT2D eigenvalue weighted by Crippen LogP contribution is 2.34. The Morgan fingerprint density at radius 2 is 2.00 bits per heavy atom. The smallest absolute Gasteiger partial charge is 0.412 e. The van der Waals surface area contributed by atoms with Crippen LogP contribution >= 0.6 is 0 Å². The first-order valence-electron chi connectivity index (χ1n) is 9.24. The number of nitrogens with zero attached hydrogens (tertiary/aromatic N) is 2. The summed E-state index contributed by atoms with van der Waals surface area (Å²) < 4.78 is 16.3. The molecule has 0 bridgehead atoms. The first kappa shape index (κ1) is 18.0. The van der Waals surface area contributed by atoms with Gasteiger partial charge >= 0.3 is 6.09 Å². The van der Waals surface area contributed by atoms with Crippen molar-refractivity contribution in [1.82, 2.24) is 15.3 Å². The number of aromatic nitrogens is 2. The van der Waals surface area contributed by atoms with E-state index in [0.717, 1.165) is 42.4 Å². The fraction of sp³-hybridized carbons (Fsp3) is 0.286. The van der Waals surface area contributed by atoms with Crippen molar-refractivity contribution < 1.29 is 18.7 Å². The second-order valence-corrected chi connectivity index (χ2v) is 6.68. The average Bonchev–Trinajstić information content (AvgIpc) is 3.42. The predicted molar refractivity (Wildman–Crippen MR) is 103 cm³/mol. The van der Waals surface area contributed by atoms with Gasteiger partial charge < -0.3 is 19.2 Å². The topological polar surface area (TPSA) is 86.5 Å². The van der Waals surface area contributed by atoms with Gasteiger partial charge in [-0.15, -0.1) is 0 Å². The van der Waals surface area contributed by atoms with Crippen LogP contribution in [0.1, 0.15) is 25.7 Å². The minimum Gasteiger partial charge on any atom is -0.496 e. The van der Waals surface area contributed by atoms with Crippen LogP contribution in [-0.4, -0.2) is 29.2 Å². The molecule has 2 heterocycles. The number of carbonyl (C=O) groups excluding carboxylic acids is 1. The summed E-state index contributed by atoms with van der Waals surface area (Å²) in [5.74, 6) is 1.57. The van der Waals surface area contributed by atoms with E-state index < -0.39 is 6.09 Å². The molecule has 28 heavy (non-hydrogen) atoms. The first-order chi connectivity index (χ1) is 13.7. The summed E-state index contributed by atoms with van der Waals surface area (Å²) >= 11 is 0. The molecule has 144 valence electrons. The number of pyridine rings is 1. The third-order valence-electron chi connectivity index (χ3n) is 4.79. The van der Waals surface area contributed by atoms with Crippen molar-refractivity contribution in [2.24, 2.45) is 0 Å². The van der Waals surface area contributed by atoms with Gasteiger partial charge in [-0.05, 0) is 37.1 Å². The van der Waals surface area contributed by atoms with Gasteiger partial charge in [-0.2, -0.15) is 0 Å². The van der Waals surface area contributed by atoms with Gasteiger partial charge in [-0.25, -0.2) is 9.78 Å². The molecular weight excluding hydrogens is 358 g/mol. The summed E-state index contributed by atoms with van der Waals surface area (Å²) in [7, 11) is 1.59. The lowest BCUT2D eigenvalue weighted by Crippen LogP contribution is -2.34. The summed E-state index contributed by atoms with van der Waals surface area (Å²) in [6.45, 7) is 0. The molecule has 1 saturated carbocycles. The Balaban J connectivity index is 1.58. The standard InChI is InChI=1S/C21H21N3O4/c1-26-19-7-6-17(28-21(25)24-16-4-2-3-5-16)11-18(19)14-10-15(13-22-12-14)20-23-8-9-27-20/h6-13,16H,2-5H2,1H3,(H,24,25). The largest absolute Gasteiger partial charge is 0.496 e. The van der Waals surface area contributed by atoms with Crippen LogP contribution in [0.3, 0.4) is 0 Å². The molecule has 1 aromatic carbocycles. The monoisotopic (exact) mass is 379 g/mol. The van der Waals surface area contributed by atoms with Crippen molar-refractivity contribution >= 4 is 6.09 Å². The maximum absolute atomic E-state index is 12.2. The van der Waals surface area contributed by atoms with Gasteiger partial charge in [-0.1, -0.05) is 12.8 Å². The van der Waals surface area contributed by atoms with Crippen LogP contribution in [-0.2, 0) is 0 Å². The lowest BCUT2D eigenvalue weighted by molar-refractivity contribution is 0.196. The Hall–Kier alpha value is -3.35. The first-order valence-corrected chi connectivity index (χ1v) is 9.24. The Morgan fingerprint density at radius 3 is 2.75 bits per heavy atom. The van der Waals surface area contributed by atoms with Crippen LogP contribution in [0.25, 0.3) is 22.6 Å². The Morgan fingerprint density at radius 1 is 1.18 bits per heavy atom. The molecule has 1 amide bonds. The predicted octanol–water partition coefficient (Wildman–Crippen LogP) is 4.44. The molecule has 0 aliphatic heterocycles. The van der Waals surface area contributed by atoms with E-state index in [0.29, 0.717) is 17.4 Å². The highest BCUT2D eigenvalue weighted by Gasteiger charge is 2.19. The van der Waals surface area contributed by atoms with Crippen molar-refractivity contribution in [3.8, 4) is 34.1 Å². The molecule has 0 spiro atoms. The minimum absolute atomic E-state index is 0.201. The van der Waals surface area contributed by atoms with E-state index in [2.05, 4.69) is 15.3 Å². The highest BCUT2D eigenvalue weighted by molar-refractivity contribution is 5.76. The van der Waals surface area contributed by atoms with Gasteiger partial charge in [0.15, 0.2) is 0 Å². The number of hydrogen-bond acceptors (Lipinski definition) is 6. The van der Waals surface area contributed by atoms with Crippen molar-refractivity contribution in [3.63, 3.8) is 0 Å². The minimum atomic E-state index is -0.435. The number of nitrogens with one attached hydrogen (secondary N) is 1. The SMILES string of the molecule is COc1ccc(OC(=O)NC2CCCC2)cc1-c1cncc(-c2ncco2)c1. The van der Waals surface area contributed by atoms with Crippen molar-refractivity contribution in [2.45, 2.75) is 31.7 Å². The van der Waals surface area contributed by atoms with Crippen LogP contribution in [0.5, 0.6) is 11.5 Å². The summed E-state index contributed by atoms with van der Waals surface area (Å²) in [6, 6.07) is 7.35. The Kier molecular flexibility index (Phi) is 5.23. The molecule has 7 heteroatoms. The zero-order valence-electron chi connectivity index (χ0n) is 15.6. The Labute approximate surface area is 162 Å². The van der Waals surface area contributed by atoms with Gasteiger partial charge in [0.2, 0.25) is 5.89 Å². The van der Waals surface area contributed by atoms with Crippen molar-refractivity contribution in [3.05, 3.63) is 49.1 Å². The van der Waals surface area contributed by atoms with E-state index in [9.17, 15) is 4.79 Å². The molecule has 1 N–H and O–H groups in total. The lowest BCUT2D eigenvalue weighted by atomic mass is 10.0. The number of amides is 1. The molecule has 1 fully saturated rings. The number of ether oxygens (including phenoxy) is 2. The molecular formula is C21H21N3O4. The lowest BCUT2D eigenvalue weighted by Gasteiger charge is -2.14. The number of oxazole rings is 1. The number of carbonyl (C=O) groups is 1. The van der Waals surface area contributed by atoms with Crippen LogP contribution in [0.15, 0.2) is 53.5 Å². The van der Waals surface area contributed by atoms with E-state index in [1.54, 1.807) is 43.9 Å². The highest BCUT2D eigenvalue weighted by atomic mass is 16.6. The number of hydrogen-bond donors (Lipinski definition) is 1. The molecule has 1 aliphatic rings.